The Balaban J connectivity index is 2.84. The topological polar surface area (TPSA) is 54.0 Å². The van der Waals surface area contributed by atoms with Crippen LogP contribution in [0.5, 0.6) is 0 Å². The summed E-state index contributed by atoms with van der Waals surface area (Å²) in [6.07, 6.45) is 5.28. The number of anilines is 1. The summed E-state index contributed by atoms with van der Waals surface area (Å²) in [6.45, 7) is 13.6. The second-order valence-electron chi connectivity index (χ2n) is 7.42. The molecule has 0 aromatic carbocycles. The first-order valence-corrected chi connectivity index (χ1v) is 7.65. The van der Waals surface area contributed by atoms with Crippen molar-refractivity contribution in [3.63, 3.8) is 0 Å². The van der Waals surface area contributed by atoms with Gasteiger partial charge in [0, 0.05) is 18.3 Å². The monoisotopic (exact) mass is 291 g/mol. The molecule has 118 valence electrons. The summed E-state index contributed by atoms with van der Waals surface area (Å²) in [4.78, 5) is 16.6. The molecular formula is C17H29N3O. The Labute approximate surface area is 128 Å². The largest absolute Gasteiger partial charge is 0.383 e. The summed E-state index contributed by atoms with van der Waals surface area (Å²) in [5.41, 5.74) is 1.36. The fourth-order valence-corrected chi connectivity index (χ4v) is 2.74. The summed E-state index contributed by atoms with van der Waals surface area (Å²) < 4.78 is 0. The van der Waals surface area contributed by atoms with E-state index in [4.69, 9.17) is 0 Å². The summed E-state index contributed by atoms with van der Waals surface area (Å²) >= 11 is 0. The highest BCUT2D eigenvalue weighted by atomic mass is 16.1. The van der Waals surface area contributed by atoms with Gasteiger partial charge in [-0.15, -0.1) is 0 Å². The maximum atomic E-state index is 12.6. The second kappa shape index (κ2) is 6.92. The molecular weight excluding hydrogens is 262 g/mol. The SMILES string of the molecule is CCCNc1cnccc1C(=O)NC(C)(C)CC(C)(C)C. The lowest BCUT2D eigenvalue weighted by molar-refractivity contribution is 0.0892. The van der Waals surface area contributed by atoms with Gasteiger partial charge in [0.25, 0.3) is 5.91 Å². The number of amides is 1. The summed E-state index contributed by atoms with van der Waals surface area (Å²) in [6, 6.07) is 1.76. The molecule has 1 rings (SSSR count). The molecule has 0 unspecified atom stereocenters. The van der Waals surface area contributed by atoms with Crippen molar-refractivity contribution in [2.75, 3.05) is 11.9 Å². The molecule has 0 spiro atoms. The van der Waals surface area contributed by atoms with E-state index in [-0.39, 0.29) is 16.9 Å². The number of rotatable bonds is 6. The highest BCUT2D eigenvalue weighted by Crippen LogP contribution is 2.27. The third kappa shape index (κ3) is 6.15. The maximum Gasteiger partial charge on any atom is 0.253 e. The molecule has 4 nitrogen and oxygen atoms in total. The Kier molecular flexibility index (Phi) is 5.76. The molecule has 0 saturated carbocycles. The van der Waals surface area contributed by atoms with Gasteiger partial charge in [-0.3, -0.25) is 9.78 Å². The van der Waals surface area contributed by atoms with Crippen LogP contribution in [0.25, 0.3) is 0 Å². The first kappa shape index (κ1) is 17.5. The van der Waals surface area contributed by atoms with Gasteiger partial charge in [-0.05, 0) is 38.2 Å². The molecule has 1 heterocycles. The first-order chi connectivity index (χ1) is 9.64. The molecule has 0 aliphatic carbocycles. The Morgan fingerprint density at radius 3 is 2.48 bits per heavy atom. The third-order valence-corrected chi connectivity index (χ3v) is 3.06. The zero-order chi connectivity index (χ0) is 16.1. The maximum absolute atomic E-state index is 12.6. The molecule has 0 bridgehead atoms. The zero-order valence-corrected chi connectivity index (χ0v) is 14.2. The molecule has 0 aliphatic rings. The van der Waals surface area contributed by atoms with Crippen molar-refractivity contribution in [2.24, 2.45) is 5.41 Å². The quantitative estimate of drug-likeness (QED) is 0.837. The van der Waals surface area contributed by atoms with Crippen molar-refractivity contribution in [3.05, 3.63) is 24.0 Å². The van der Waals surface area contributed by atoms with E-state index in [1.807, 2.05) is 0 Å². The van der Waals surface area contributed by atoms with Gasteiger partial charge in [0.1, 0.15) is 0 Å². The van der Waals surface area contributed by atoms with Crippen LogP contribution < -0.4 is 10.6 Å². The van der Waals surface area contributed by atoms with Gasteiger partial charge < -0.3 is 10.6 Å². The van der Waals surface area contributed by atoms with Gasteiger partial charge in [0.05, 0.1) is 17.4 Å². The molecule has 4 heteroatoms. The minimum absolute atomic E-state index is 0.0507. The van der Waals surface area contributed by atoms with E-state index in [9.17, 15) is 4.79 Å². The van der Waals surface area contributed by atoms with Crippen LogP contribution >= 0.6 is 0 Å². The number of nitrogens with zero attached hydrogens (tertiary/aromatic N) is 1. The fourth-order valence-electron chi connectivity index (χ4n) is 2.74. The summed E-state index contributed by atoms with van der Waals surface area (Å²) in [5.74, 6) is -0.0507. The molecule has 0 radical (unpaired) electrons. The average Bonchev–Trinajstić information content (AvgIpc) is 2.33. The lowest BCUT2D eigenvalue weighted by Gasteiger charge is -2.33. The lowest BCUT2D eigenvalue weighted by atomic mass is 9.81. The van der Waals surface area contributed by atoms with E-state index in [2.05, 4.69) is 57.2 Å². The van der Waals surface area contributed by atoms with E-state index in [1.54, 1.807) is 18.5 Å². The summed E-state index contributed by atoms with van der Waals surface area (Å²) in [5, 5.41) is 6.39. The van der Waals surface area contributed by atoms with E-state index in [1.165, 1.54) is 0 Å². The fraction of sp³-hybridized carbons (Fsp3) is 0.647. The van der Waals surface area contributed by atoms with Gasteiger partial charge in [0.2, 0.25) is 0 Å². The highest BCUT2D eigenvalue weighted by Gasteiger charge is 2.28. The number of aromatic nitrogens is 1. The number of hydrogen-bond acceptors (Lipinski definition) is 3. The van der Waals surface area contributed by atoms with Crippen molar-refractivity contribution in [3.8, 4) is 0 Å². The van der Waals surface area contributed by atoms with Crippen molar-refractivity contribution in [1.82, 2.24) is 10.3 Å². The molecule has 0 saturated heterocycles. The first-order valence-electron chi connectivity index (χ1n) is 7.65. The van der Waals surface area contributed by atoms with Crippen molar-refractivity contribution < 1.29 is 4.79 Å². The normalized spacial score (nSPS) is 12.1. The van der Waals surface area contributed by atoms with Crippen LogP contribution in [-0.2, 0) is 0 Å². The molecule has 0 fully saturated rings. The Morgan fingerprint density at radius 1 is 1.24 bits per heavy atom. The lowest BCUT2D eigenvalue weighted by Crippen LogP contribution is -2.46. The van der Waals surface area contributed by atoms with Crippen LogP contribution in [0, 0.1) is 5.41 Å². The zero-order valence-electron chi connectivity index (χ0n) is 14.2. The van der Waals surface area contributed by atoms with Crippen LogP contribution in [0.2, 0.25) is 0 Å². The minimum Gasteiger partial charge on any atom is -0.383 e. The molecule has 21 heavy (non-hydrogen) atoms. The smallest absolute Gasteiger partial charge is 0.253 e. The van der Waals surface area contributed by atoms with E-state index in [0.717, 1.165) is 25.1 Å². The highest BCUT2D eigenvalue weighted by molar-refractivity contribution is 5.99. The van der Waals surface area contributed by atoms with Crippen molar-refractivity contribution in [2.45, 2.75) is 59.9 Å². The standard InChI is InChI=1S/C17H29N3O/c1-7-9-19-14-11-18-10-8-13(14)15(21)20-17(5,6)12-16(2,3)4/h8,10-11,19H,7,9,12H2,1-6H3,(H,20,21). The van der Waals surface area contributed by atoms with Crippen LogP contribution in [0.3, 0.4) is 0 Å². The van der Waals surface area contributed by atoms with Crippen LogP contribution in [0.15, 0.2) is 18.5 Å². The van der Waals surface area contributed by atoms with E-state index < -0.39 is 0 Å². The van der Waals surface area contributed by atoms with Crippen LogP contribution in [0.1, 0.15) is 64.7 Å². The van der Waals surface area contributed by atoms with E-state index in [0.29, 0.717) is 5.56 Å². The number of carbonyl (C=O) groups excluding carboxylic acids is 1. The summed E-state index contributed by atoms with van der Waals surface area (Å²) in [7, 11) is 0. The van der Waals surface area contributed by atoms with Crippen molar-refractivity contribution in [1.29, 1.82) is 0 Å². The molecule has 0 aliphatic heterocycles. The number of nitrogens with one attached hydrogen (secondary N) is 2. The molecule has 1 aromatic rings. The Morgan fingerprint density at radius 2 is 1.90 bits per heavy atom. The van der Waals surface area contributed by atoms with Gasteiger partial charge in [-0.1, -0.05) is 27.7 Å². The molecule has 1 aromatic heterocycles. The molecule has 1 amide bonds. The Hall–Kier alpha value is -1.58. The average molecular weight is 291 g/mol. The number of carbonyl (C=O) groups is 1. The molecule has 0 atom stereocenters. The van der Waals surface area contributed by atoms with Gasteiger partial charge in [0.15, 0.2) is 0 Å². The second-order valence-corrected chi connectivity index (χ2v) is 7.42. The van der Waals surface area contributed by atoms with Crippen LogP contribution in [0.4, 0.5) is 5.69 Å². The molecule has 2 N–H and O–H groups in total. The minimum atomic E-state index is -0.249. The van der Waals surface area contributed by atoms with Gasteiger partial charge in [-0.25, -0.2) is 0 Å². The number of pyridine rings is 1. The van der Waals surface area contributed by atoms with Gasteiger partial charge >= 0.3 is 0 Å². The predicted octanol–water partition coefficient (Wildman–Crippen LogP) is 3.85. The van der Waals surface area contributed by atoms with Gasteiger partial charge in [-0.2, -0.15) is 0 Å². The third-order valence-electron chi connectivity index (χ3n) is 3.06. The Bertz CT molecular complexity index is 475. The van der Waals surface area contributed by atoms with Crippen molar-refractivity contribution >= 4 is 11.6 Å². The van der Waals surface area contributed by atoms with Crippen LogP contribution in [-0.4, -0.2) is 23.0 Å². The number of hydrogen-bond donors (Lipinski definition) is 2. The van der Waals surface area contributed by atoms with E-state index >= 15 is 0 Å². The predicted molar refractivity (Wildman–Crippen MR) is 88.6 cm³/mol.